The normalized spacial score (nSPS) is 12.5. The predicted octanol–water partition coefficient (Wildman–Crippen LogP) is 4.32. The molecule has 1 N–H and O–H groups in total. The van der Waals surface area contributed by atoms with Gasteiger partial charge in [-0.05, 0) is 29.7 Å². The first kappa shape index (κ1) is 23.0. The van der Waals surface area contributed by atoms with Crippen molar-refractivity contribution < 1.29 is 13.2 Å². The van der Waals surface area contributed by atoms with Crippen LogP contribution in [0.1, 0.15) is 28.3 Å². The molecule has 0 bridgehead atoms. The van der Waals surface area contributed by atoms with E-state index in [1.807, 2.05) is 61.5 Å². The molecule has 0 aliphatic heterocycles. The Morgan fingerprint density at radius 3 is 2.13 bits per heavy atom. The number of benzene rings is 3. The van der Waals surface area contributed by atoms with Crippen LogP contribution in [0.2, 0.25) is 5.02 Å². The van der Waals surface area contributed by atoms with E-state index >= 15 is 0 Å². The second kappa shape index (κ2) is 10.1. The Kier molecular flexibility index (Phi) is 7.49. The molecule has 1 atom stereocenters. The molecule has 3 aromatic carbocycles. The van der Waals surface area contributed by atoms with Gasteiger partial charge in [-0.3, -0.25) is 4.79 Å². The Hall–Kier alpha value is -2.67. The maximum absolute atomic E-state index is 12.9. The van der Waals surface area contributed by atoms with E-state index in [1.165, 1.54) is 0 Å². The maximum atomic E-state index is 12.9. The van der Waals surface area contributed by atoms with Crippen LogP contribution in [-0.2, 0) is 21.4 Å². The van der Waals surface area contributed by atoms with E-state index in [0.717, 1.165) is 27.3 Å². The Labute approximate surface area is 188 Å². The van der Waals surface area contributed by atoms with Gasteiger partial charge in [0.15, 0.2) is 0 Å². The second-order valence-electron chi connectivity index (χ2n) is 7.44. The molecule has 162 valence electrons. The monoisotopic (exact) mass is 456 g/mol. The van der Waals surface area contributed by atoms with Gasteiger partial charge in [0.1, 0.15) is 0 Å². The molecule has 0 aromatic heterocycles. The number of rotatable bonds is 8. The molecule has 0 radical (unpaired) electrons. The summed E-state index contributed by atoms with van der Waals surface area (Å²) in [4.78, 5) is 12.9. The quantitative estimate of drug-likeness (QED) is 0.549. The summed E-state index contributed by atoms with van der Waals surface area (Å²) in [5.41, 5.74) is 3.59. The van der Waals surface area contributed by atoms with Crippen molar-refractivity contribution >= 4 is 27.5 Å². The lowest BCUT2D eigenvalue weighted by molar-refractivity contribution is -0.121. The van der Waals surface area contributed by atoms with E-state index in [2.05, 4.69) is 5.32 Å². The number of carbonyl (C=O) groups is 1. The van der Waals surface area contributed by atoms with Crippen LogP contribution < -0.4 is 5.32 Å². The molecule has 31 heavy (non-hydrogen) atoms. The van der Waals surface area contributed by atoms with E-state index < -0.39 is 22.0 Å². The average molecular weight is 457 g/mol. The molecule has 7 heteroatoms. The molecule has 5 nitrogen and oxygen atoms in total. The number of amides is 1. The zero-order chi connectivity index (χ0) is 22.4. The number of carbonyl (C=O) groups excluding carboxylic acids is 1. The highest BCUT2D eigenvalue weighted by atomic mass is 35.5. The molecule has 0 unspecified atom stereocenters. The number of hydrogen-bond acceptors (Lipinski definition) is 3. The molecule has 0 aliphatic rings. The summed E-state index contributed by atoms with van der Waals surface area (Å²) in [7, 11) is -3.63. The van der Waals surface area contributed by atoms with Gasteiger partial charge in [0, 0.05) is 11.6 Å². The number of aryl methyl sites for hydroxylation is 1. The van der Waals surface area contributed by atoms with Crippen LogP contribution in [0.5, 0.6) is 0 Å². The van der Waals surface area contributed by atoms with Gasteiger partial charge in [0.25, 0.3) is 0 Å². The molecule has 0 fully saturated rings. The van der Waals surface area contributed by atoms with Crippen molar-refractivity contribution in [1.29, 1.82) is 0 Å². The number of hydrogen-bond donors (Lipinski definition) is 1. The lowest BCUT2D eigenvalue weighted by Gasteiger charge is -2.24. The van der Waals surface area contributed by atoms with Gasteiger partial charge < -0.3 is 5.32 Å². The number of sulfonamides is 1. The van der Waals surface area contributed by atoms with Crippen LogP contribution in [-0.4, -0.2) is 31.4 Å². The molecule has 1 amide bonds. The fourth-order valence-corrected chi connectivity index (χ4v) is 4.16. The van der Waals surface area contributed by atoms with E-state index in [0.29, 0.717) is 10.6 Å². The summed E-state index contributed by atoms with van der Waals surface area (Å²) in [6.45, 7) is 1.71. The maximum Gasteiger partial charge on any atom is 0.236 e. The predicted molar refractivity (Wildman–Crippen MR) is 124 cm³/mol. The summed E-state index contributed by atoms with van der Waals surface area (Å²) < 4.78 is 25.8. The van der Waals surface area contributed by atoms with E-state index in [4.69, 9.17) is 11.6 Å². The van der Waals surface area contributed by atoms with Crippen LogP contribution in [0.25, 0.3) is 0 Å². The first-order valence-corrected chi connectivity index (χ1v) is 12.1. The highest BCUT2D eigenvalue weighted by molar-refractivity contribution is 7.88. The van der Waals surface area contributed by atoms with Gasteiger partial charge >= 0.3 is 0 Å². The molecule has 0 spiro atoms. The third-order valence-electron chi connectivity index (χ3n) is 4.94. The minimum absolute atomic E-state index is 0.0203. The minimum Gasteiger partial charge on any atom is -0.344 e. The lowest BCUT2D eigenvalue weighted by atomic mass is 9.98. The standard InChI is InChI=1S/C24H25ClN2O3S/c1-18-12-14-20(15-13-18)24(19-8-4-3-5-9-19)26-23(28)17-27(31(2,29)30)16-21-10-6-7-11-22(21)25/h3-15,24H,16-17H2,1-2H3,(H,26,28)/t24-/m0/s1. The summed E-state index contributed by atoms with van der Waals surface area (Å²) in [6.07, 6.45) is 1.09. The van der Waals surface area contributed by atoms with Crippen molar-refractivity contribution in [2.24, 2.45) is 0 Å². The van der Waals surface area contributed by atoms with Crippen molar-refractivity contribution in [1.82, 2.24) is 9.62 Å². The van der Waals surface area contributed by atoms with Crippen LogP contribution in [0.3, 0.4) is 0 Å². The van der Waals surface area contributed by atoms with Gasteiger partial charge in [-0.15, -0.1) is 0 Å². The van der Waals surface area contributed by atoms with E-state index in [-0.39, 0.29) is 13.1 Å². The van der Waals surface area contributed by atoms with Crippen LogP contribution in [0.4, 0.5) is 0 Å². The molecule has 0 heterocycles. The van der Waals surface area contributed by atoms with Gasteiger partial charge in [-0.1, -0.05) is 90.0 Å². The van der Waals surface area contributed by atoms with Crippen molar-refractivity contribution in [3.05, 3.63) is 106 Å². The molecular weight excluding hydrogens is 432 g/mol. The highest BCUT2D eigenvalue weighted by Crippen LogP contribution is 2.23. The topological polar surface area (TPSA) is 66.5 Å². The Bertz CT molecular complexity index is 1130. The van der Waals surface area contributed by atoms with Gasteiger partial charge in [-0.2, -0.15) is 4.31 Å². The zero-order valence-corrected chi connectivity index (χ0v) is 19.0. The first-order chi connectivity index (χ1) is 14.7. The third-order valence-corrected chi connectivity index (χ3v) is 6.51. The smallest absolute Gasteiger partial charge is 0.236 e. The molecule has 0 saturated carbocycles. The molecular formula is C24H25ClN2O3S. The largest absolute Gasteiger partial charge is 0.344 e. The van der Waals surface area contributed by atoms with Crippen molar-refractivity contribution in [2.75, 3.05) is 12.8 Å². The summed E-state index contributed by atoms with van der Waals surface area (Å²) in [6, 6.07) is 24.1. The first-order valence-electron chi connectivity index (χ1n) is 9.83. The van der Waals surface area contributed by atoms with Gasteiger partial charge in [-0.25, -0.2) is 8.42 Å². The van der Waals surface area contributed by atoms with Crippen molar-refractivity contribution in [3.63, 3.8) is 0 Å². The second-order valence-corrected chi connectivity index (χ2v) is 9.83. The van der Waals surface area contributed by atoms with Crippen LogP contribution >= 0.6 is 11.6 Å². The Morgan fingerprint density at radius 1 is 0.935 bits per heavy atom. The van der Waals surface area contributed by atoms with Gasteiger partial charge in [0.2, 0.25) is 15.9 Å². The van der Waals surface area contributed by atoms with Crippen molar-refractivity contribution in [2.45, 2.75) is 19.5 Å². The van der Waals surface area contributed by atoms with Crippen LogP contribution in [0, 0.1) is 6.92 Å². The zero-order valence-electron chi connectivity index (χ0n) is 17.5. The Balaban J connectivity index is 1.83. The fraction of sp³-hybridized carbons (Fsp3) is 0.208. The molecule has 0 aliphatic carbocycles. The summed E-state index contributed by atoms with van der Waals surface area (Å²) in [5, 5.41) is 3.45. The van der Waals surface area contributed by atoms with Crippen molar-refractivity contribution in [3.8, 4) is 0 Å². The average Bonchev–Trinajstić information content (AvgIpc) is 2.74. The highest BCUT2D eigenvalue weighted by Gasteiger charge is 2.24. The molecule has 3 rings (SSSR count). The molecule has 0 saturated heterocycles. The van der Waals surface area contributed by atoms with E-state index in [1.54, 1.807) is 24.3 Å². The number of nitrogens with zero attached hydrogens (tertiary/aromatic N) is 1. The molecule has 3 aromatic rings. The minimum atomic E-state index is -3.63. The van der Waals surface area contributed by atoms with Gasteiger partial charge in [0.05, 0.1) is 18.8 Å². The fourth-order valence-electron chi connectivity index (χ4n) is 3.24. The Morgan fingerprint density at radius 2 is 1.52 bits per heavy atom. The summed E-state index contributed by atoms with van der Waals surface area (Å²) in [5.74, 6) is -0.396. The van der Waals surface area contributed by atoms with E-state index in [9.17, 15) is 13.2 Å². The third kappa shape index (κ3) is 6.40. The lowest BCUT2D eigenvalue weighted by Crippen LogP contribution is -2.41. The van der Waals surface area contributed by atoms with Crippen LogP contribution in [0.15, 0.2) is 78.9 Å². The number of halogens is 1. The number of nitrogens with one attached hydrogen (secondary N) is 1. The summed E-state index contributed by atoms with van der Waals surface area (Å²) >= 11 is 6.19. The SMILES string of the molecule is Cc1ccc([C@@H](NC(=O)CN(Cc2ccccc2Cl)S(C)(=O)=O)c2ccccc2)cc1.